The van der Waals surface area contributed by atoms with Gasteiger partial charge in [0.2, 0.25) is 0 Å². The van der Waals surface area contributed by atoms with Crippen molar-refractivity contribution in [1.82, 2.24) is 10.2 Å². The van der Waals surface area contributed by atoms with Crippen molar-refractivity contribution in [3.63, 3.8) is 0 Å². The highest BCUT2D eigenvalue weighted by molar-refractivity contribution is 7.33. The molecule has 0 amide bonds. The Morgan fingerprint density at radius 2 is 2.30 bits per heavy atom. The number of rotatable bonds is 5. The van der Waals surface area contributed by atoms with E-state index in [0.29, 0.717) is 5.76 Å². The third-order valence-electron chi connectivity index (χ3n) is 3.54. The summed E-state index contributed by atoms with van der Waals surface area (Å²) in [5.41, 5.74) is 2.13. The van der Waals surface area contributed by atoms with Crippen molar-refractivity contribution in [3.05, 3.63) is 35.3 Å². The van der Waals surface area contributed by atoms with Gasteiger partial charge >= 0.3 is 8.17 Å². The fraction of sp³-hybridized carbons (Fsp3) is 0.538. The number of fused-ring (bicyclic) bond motifs is 1. The number of hydrogen-bond acceptors (Lipinski definition) is 5. The van der Waals surface area contributed by atoms with Crippen molar-refractivity contribution in [3.8, 4) is 0 Å². The summed E-state index contributed by atoms with van der Waals surface area (Å²) in [5, 5.41) is 11.9. The van der Waals surface area contributed by atoms with Crippen molar-refractivity contribution in [2.75, 3.05) is 20.6 Å². The lowest BCUT2D eigenvalue weighted by atomic mass is 9.85. The fourth-order valence-electron chi connectivity index (χ4n) is 2.51. The number of nitrogens with zero attached hydrogens (tertiary/aromatic N) is 2. The van der Waals surface area contributed by atoms with Gasteiger partial charge in [0.25, 0.3) is 0 Å². The summed E-state index contributed by atoms with van der Waals surface area (Å²) < 4.78 is 5.33. The molecular formula is C13H20N3O3P. The van der Waals surface area contributed by atoms with Crippen LogP contribution >= 0.6 is 8.17 Å². The lowest BCUT2D eigenvalue weighted by molar-refractivity contribution is -0.175. The van der Waals surface area contributed by atoms with Gasteiger partial charge in [-0.3, -0.25) is 4.52 Å². The van der Waals surface area contributed by atoms with Crippen LogP contribution in [0.4, 0.5) is 0 Å². The minimum absolute atomic E-state index is 0.0284. The predicted octanol–water partition coefficient (Wildman–Crippen LogP) is 1.52. The van der Waals surface area contributed by atoms with E-state index >= 15 is 0 Å². The molecule has 0 spiro atoms. The lowest BCUT2D eigenvalue weighted by Gasteiger charge is -2.25. The van der Waals surface area contributed by atoms with Gasteiger partial charge in [0.05, 0.1) is 16.9 Å². The van der Waals surface area contributed by atoms with Crippen LogP contribution in [-0.4, -0.2) is 36.8 Å². The molecule has 1 heterocycles. The Labute approximate surface area is 120 Å². The topological polar surface area (TPSA) is 80.1 Å². The third-order valence-corrected chi connectivity index (χ3v) is 4.04. The molecule has 0 bridgehead atoms. The molecule has 110 valence electrons. The summed E-state index contributed by atoms with van der Waals surface area (Å²) in [6, 6.07) is 0.118. The summed E-state index contributed by atoms with van der Waals surface area (Å²) in [4.78, 5) is 16.2. The van der Waals surface area contributed by atoms with E-state index in [1.807, 2.05) is 33.3 Å². The molecule has 3 unspecified atom stereocenters. The van der Waals surface area contributed by atoms with Crippen LogP contribution in [0, 0.1) is 5.92 Å². The highest BCUT2D eigenvalue weighted by Gasteiger charge is 2.37. The SMILES string of the molecule is CC1=C(O[P+]([O-])=NO)C2C(CCN(C)C)=CNC2C=C1. The summed E-state index contributed by atoms with van der Waals surface area (Å²) >= 11 is 0. The highest BCUT2D eigenvalue weighted by atomic mass is 31.1. The molecule has 6 nitrogen and oxygen atoms in total. The quantitative estimate of drug-likeness (QED) is 0.594. The van der Waals surface area contributed by atoms with Gasteiger partial charge in [-0.15, -0.1) is 0 Å². The molecule has 2 aliphatic rings. The molecule has 0 saturated heterocycles. The first-order valence-electron chi connectivity index (χ1n) is 6.52. The minimum atomic E-state index is -2.42. The first kappa shape index (κ1) is 15.2. The third kappa shape index (κ3) is 3.27. The second kappa shape index (κ2) is 6.50. The van der Waals surface area contributed by atoms with Crippen LogP contribution < -0.4 is 10.2 Å². The normalized spacial score (nSPS) is 25.7. The molecule has 0 radical (unpaired) electrons. The van der Waals surface area contributed by atoms with Gasteiger partial charge in [0.15, 0.2) is 5.76 Å². The molecule has 0 aromatic carbocycles. The van der Waals surface area contributed by atoms with Crippen LogP contribution in [0.5, 0.6) is 0 Å². The zero-order valence-electron chi connectivity index (χ0n) is 11.9. The van der Waals surface area contributed by atoms with Gasteiger partial charge in [-0.1, -0.05) is 12.2 Å². The molecule has 0 aromatic rings. The van der Waals surface area contributed by atoms with E-state index in [1.54, 1.807) is 0 Å². The first-order valence-corrected chi connectivity index (χ1v) is 7.65. The first-order chi connectivity index (χ1) is 9.52. The summed E-state index contributed by atoms with van der Waals surface area (Å²) in [5.74, 6) is 0.659. The van der Waals surface area contributed by atoms with E-state index < -0.39 is 8.17 Å². The van der Waals surface area contributed by atoms with Gasteiger partial charge in [0.1, 0.15) is 0 Å². The van der Waals surface area contributed by atoms with Crippen LogP contribution in [0.25, 0.3) is 0 Å². The number of allylic oxidation sites excluding steroid dienone is 2. The monoisotopic (exact) mass is 297 g/mol. The van der Waals surface area contributed by atoms with Gasteiger partial charge in [-0.25, -0.2) is 5.21 Å². The zero-order chi connectivity index (χ0) is 14.7. The molecule has 7 heteroatoms. The largest absolute Gasteiger partial charge is 0.574 e. The maximum Gasteiger partial charge on any atom is 0.425 e. The predicted molar refractivity (Wildman–Crippen MR) is 75.7 cm³/mol. The lowest BCUT2D eigenvalue weighted by Crippen LogP contribution is -2.30. The molecule has 0 aromatic heterocycles. The van der Waals surface area contributed by atoms with Crippen LogP contribution in [0.15, 0.2) is 40.2 Å². The highest BCUT2D eigenvalue weighted by Crippen LogP contribution is 2.40. The van der Waals surface area contributed by atoms with Crippen molar-refractivity contribution in [2.45, 2.75) is 19.4 Å². The van der Waals surface area contributed by atoms with E-state index in [0.717, 1.165) is 18.5 Å². The van der Waals surface area contributed by atoms with Crippen LogP contribution in [-0.2, 0) is 4.52 Å². The Morgan fingerprint density at radius 1 is 1.55 bits per heavy atom. The Balaban J connectivity index is 2.19. The Morgan fingerprint density at radius 3 is 2.95 bits per heavy atom. The van der Waals surface area contributed by atoms with E-state index in [9.17, 15) is 4.89 Å². The molecule has 20 heavy (non-hydrogen) atoms. The van der Waals surface area contributed by atoms with Crippen molar-refractivity contribution < 1.29 is 14.6 Å². The van der Waals surface area contributed by atoms with Crippen molar-refractivity contribution in [2.24, 2.45) is 10.8 Å². The second-order valence-corrected chi connectivity index (χ2v) is 6.10. The Hall–Kier alpha value is -1.20. The molecule has 2 N–H and O–H groups in total. The number of hydrogen-bond donors (Lipinski definition) is 2. The van der Waals surface area contributed by atoms with E-state index in [-0.39, 0.29) is 12.0 Å². The minimum Gasteiger partial charge on any atom is -0.574 e. The molecule has 1 aliphatic carbocycles. The van der Waals surface area contributed by atoms with E-state index in [2.05, 4.69) is 21.2 Å². The average Bonchev–Trinajstić information content (AvgIpc) is 2.82. The van der Waals surface area contributed by atoms with Crippen LogP contribution in [0.3, 0.4) is 0 Å². The zero-order valence-corrected chi connectivity index (χ0v) is 12.8. The molecule has 2 rings (SSSR count). The average molecular weight is 297 g/mol. The smallest absolute Gasteiger partial charge is 0.425 e. The van der Waals surface area contributed by atoms with Gasteiger partial charge in [-0.05, 0) is 44.8 Å². The van der Waals surface area contributed by atoms with Crippen molar-refractivity contribution >= 4 is 8.17 Å². The maximum absolute atomic E-state index is 11.4. The van der Waals surface area contributed by atoms with Gasteiger partial charge < -0.3 is 15.1 Å². The molecule has 3 atom stereocenters. The van der Waals surface area contributed by atoms with Crippen LogP contribution in [0.2, 0.25) is 0 Å². The van der Waals surface area contributed by atoms with E-state index in [1.165, 1.54) is 5.57 Å². The Bertz CT molecular complexity index is 497. The van der Waals surface area contributed by atoms with Crippen LogP contribution in [0.1, 0.15) is 13.3 Å². The maximum atomic E-state index is 11.4. The van der Waals surface area contributed by atoms with Crippen molar-refractivity contribution in [1.29, 1.82) is 0 Å². The standard InChI is InChI=1S/C13H20N3O3P/c1-9-4-5-11-12(13(9)19-20(18)15-17)10(8-14-11)6-7-16(2)3/h4-5,8,11-12,14,17H,6-7H2,1-3H3. The van der Waals surface area contributed by atoms with E-state index in [4.69, 9.17) is 9.73 Å². The Kier molecular flexibility index (Phi) is 4.94. The summed E-state index contributed by atoms with van der Waals surface area (Å²) in [7, 11) is 1.64. The fourth-order valence-corrected chi connectivity index (χ4v) is 2.97. The summed E-state index contributed by atoms with van der Waals surface area (Å²) in [6.45, 7) is 2.84. The molecule has 1 aliphatic heterocycles. The van der Waals surface area contributed by atoms with Gasteiger partial charge in [-0.2, -0.15) is 0 Å². The molecular weight excluding hydrogens is 277 g/mol. The summed E-state index contributed by atoms with van der Waals surface area (Å²) in [6.07, 6.45) is 6.93. The number of nitrogens with one attached hydrogen (secondary N) is 1. The molecule has 0 fully saturated rings. The van der Waals surface area contributed by atoms with Gasteiger partial charge in [0, 0.05) is 6.54 Å². The molecule has 0 saturated carbocycles. The second-order valence-electron chi connectivity index (χ2n) is 5.27.